The molecule has 3 aromatic carbocycles. The average Bonchev–Trinajstić information content (AvgIpc) is 2.48. The van der Waals surface area contributed by atoms with Crippen molar-refractivity contribution in [1.29, 1.82) is 0 Å². The van der Waals surface area contributed by atoms with Gasteiger partial charge in [0.15, 0.2) is 0 Å². The van der Waals surface area contributed by atoms with E-state index in [2.05, 4.69) is 22.6 Å². The van der Waals surface area contributed by atoms with Crippen LogP contribution in [-0.4, -0.2) is 6.98 Å². The van der Waals surface area contributed by atoms with Crippen LogP contribution in [0.1, 0.15) is 0 Å². The van der Waals surface area contributed by atoms with E-state index in [1.165, 1.54) is 11.5 Å². The molecule has 0 aromatic heterocycles. The molecule has 1 aliphatic rings. The quantitative estimate of drug-likeness (QED) is 0.658. The van der Waals surface area contributed by atoms with Gasteiger partial charge in [0.2, 0.25) is 0 Å². The van der Waals surface area contributed by atoms with Gasteiger partial charge in [0.25, 0.3) is 0 Å². The summed E-state index contributed by atoms with van der Waals surface area (Å²) in [6, 6.07) is 19.1. The smallest absolute Gasteiger partial charge is 0.405 e. The van der Waals surface area contributed by atoms with Crippen LogP contribution in [0.2, 0.25) is 0 Å². The van der Waals surface area contributed by atoms with E-state index >= 15 is 0 Å². The maximum absolute atomic E-state index is 14.0. The lowest BCUT2D eigenvalue weighted by molar-refractivity contribution is 0.635. The molecule has 0 amide bonds. The SMILES string of the molecule is Fc1ccccc1B1Nc2cccc3cccc(c23)N1. The Morgan fingerprint density at radius 2 is 1.40 bits per heavy atom. The minimum Gasteiger partial charge on any atom is -0.405 e. The zero-order chi connectivity index (χ0) is 13.5. The van der Waals surface area contributed by atoms with Gasteiger partial charge < -0.3 is 10.5 Å². The van der Waals surface area contributed by atoms with E-state index in [1.807, 2.05) is 30.3 Å². The highest BCUT2D eigenvalue weighted by Gasteiger charge is 2.27. The fraction of sp³-hybridized carbons (Fsp3) is 0. The molecule has 1 heterocycles. The fourth-order valence-corrected chi connectivity index (χ4v) is 2.79. The summed E-state index contributed by atoms with van der Waals surface area (Å²) >= 11 is 0. The van der Waals surface area contributed by atoms with Crippen LogP contribution in [0, 0.1) is 5.82 Å². The number of anilines is 2. The van der Waals surface area contributed by atoms with Crippen LogP contribution in [0.5, 0.6) is 0 Å². The molecule has 0 bridgehead atoms. The van der Waals surface area contributed by atoms with Crippen molar-refractivity contribution in [3.8, 4) is 0 Å². The average molecular weight is 262 g/mol. The van der Waals surface area contributed by atoms with Gasteiger partial charge in [-0.25, -0.2) is 4.39 Å². The minimum atomic E-state index is -0.253. The van der Waals surface area contributed by atoms with Gasteiger partial charge in [-0.2, -0.15) is 0 Å². The van der Waals surface area contributed by atoms with E-state index in [-0.39, 0.29) is 12.8 Å². The number of hydrogen-bond acceptors (Lipinski definition) is 2. The van der Waals surface area contributed by atoms with Gasteiger partial charge in [0.1, 0.15) is 5.82 Å². The van der Waals surface area contributed by atoms with Gasteiger partial charge in [0.05, 0.1) is 0 Å². The van der Waals surface area contributed by atoms with Crippen LogP contribution in [0.4, 0.5) is 15.8 Å². The number of nitrogens with one attached hydrogen (secondary N) is 2. The normalized spacial score (nSPS) is 12.9. The lowest BCUT2D eigenvalue weighted by atomic mass is 9.66. The van der Waals surface area contributed by atoms with Gasteiger partial charge in [-0.1, -0.05) is 42.5 Å². The molecule has 3 aromatic rings. The predicted octanol–water partition coefficient (Wildman–Crippen LogP) is 3.21. The molecule has 0 unspecified atom stereocenters. The summed E-state index contributed by atoms with van der Waals surface area (Å²) < 4.78 is 14.0. The van der Waals surface area contributed by atoms with Crippen LogP contribution < -0.4 is 15.9 Å². The first kappa shape index (κ1) is 11.4. The van der Waals surface area contributed by atoms with Gasteiger partial charge >= 0.3 is 6.98 Å². The zero-order valence-corrected chi connectivity index (χ0v) is 10.7. The molecule has 0 aliphatic carbocycles. The molecular formula is C16H12BFN2. The third-order valence-corrected chi connectivity index (χ3v) is 3.72. The van der Waals surface area contributed by atoms with Gasteiger partial charge in [0, 0.05) is 22.2 Å². The predicted molar refractivity (Wildman–Crippen MR) is 83.0 cm³/mol. The molecule has 0 fully saturated rings. The standard InChI is InChI=1S/C16H12BFN2/c18-13-8-2-1-7-12(13)17-19-14-9-3-5-11-6-4-10-15(20-17)16(11)14/h1-10,19-20H. The Morgan fingerprint density at radius 1 is 0.750 bits per heavy atom. The van der Waals surface area contributed by atoms with Crippen LogP contribution in [0.15, 0.2) is 60.7 Å². The second kappa shape index (κ2) is 4.27. The Morgan fingerprint density at radius 3 is 2.05 bits per heavy atom. The topological polar surface area (TPSA) is 24.1 Å². The first-order chi connectivity index (χ1) is 9.83. The first-order valence-electron chi connectivity index (χ1n) is 6.62. The van der Waals surface area contributed by atoms with Crippen molar-refractivity contribution in [3.63, 3.8) is 0 Å². The van der Waals surface area contributed by atoms with Crippen LogP contribution in [0.3, 0.4) is 0 Å². The number of halogens is 1. The summed E-state index contributed by atoms with van der Waals surface area (Å²) in [5.74, 6) is -0.205. The largest absolute Gasteiger partial charge is 0.409 e. The van der Waals surface area contributed by atoms with E-state index in [0.29, 0.717) is 5.46 Å². The van der Waals surface area contributed by atoms with Crippen molar-refractivity contribution < 1.29 is 4.39 Å². The molecule has 96 valence electrons. The van der Waals surface area contributed by atoms with Crippen LogP contribution in [-0.2, 0) is 0 Å². The number of benzene rings is 3. The van der Waals surface area contributed by atoms with Gasteiger partial charge in [-0.15, -0.1) is 0 Å². The highest BCUT2D eigenvalue weighted by Crippen LogP contribution is 2.33. The van der Waals surface area contributed by atoms with Crippen molar-refractivity contribution >= 4 is 34.6 Å². The molecule has 0 spiro atoms. The first-order valence-corrected chi connectivity index (χ1v) is 6.62. The summed E-state index contributed by atoms with van der Waals surface area (Å²) in [6.07, 6.45) is 0. The Hall–Kier alpha value is -2.49. The third kappa shape index (κ3) is 1.65. The van der Waals surface area contributed by atoms with E-state index < -0.39 is 0 Å². The maximum Gasteiger partial charge on any atom is 0.409 e. The minimum absolute atomic E-state index is 0.205. The third-order valence-electron chi connectivity index (χ3n) is 3.72. The highest BCUT2D eigenvalue weighted by atomic mass is 19.1. The maximum atomic E-state index is 14.0. The van der Waals surface area contributed by atoms with Crippen molar-refractivity contribution in [2.75, 3.05) is 10.5 Å². The number of hydrogen-bond donors (Lipinski definition) is 2. The van der Waals surface area contributed by atoms with Crippen molar-refractivity contribution in [1.82, 2.24) is 0 Å². The van der Waals surface area contributed by atoms with E-state index in [1.54, 1.807) is 12.1 Å². The summed E-state index contributed by atoms with van der Waals surface area (Å²) in [7, 11) is 0. The Balaban J connectivity index is 1.86. The zero-order valence-electron chi connectivity index (χ0n) is 10.7. The molecule has 2 N–H and O–H groups in total. The molecule has 0 saturated heterocycles. The second-order valence-corrected chi connectivity index (χ2v) is 4.95. The molecule has 0 atom stereocenters. The van der Waals surface area contributed by atoms with E-state index in [9.17, 15) is 4.39 Å². The van der Waals surface area contributed by atoms with Gasteiger partial charge in [-0.3, -0.25) is 0 Å². The van der Waals surface area contributed by atoms with E-state index in [4.69, 9.17) is 0 Å². The molecule has 0 radical (unpaired) electrons. The monoisotopic (exact) mass is 262 g/mol. The van der Waals surface area contributed by atoms with Crippen molar-refractivity contribution in [2.24, 2.45) is 0 Å². The fourth-order valence-electron chi connectivity index (χ4n) is 2.79. The molecule has 20 heavy (non-hydrogen) atoms. The van der Waals surface area contributed by atoms with E-state index in [0.717, 1.165) is 16.8 Å². The molecule has 2 nitrogen and oxygen atoms in total. The lowest BCUT2D eigenvalue weighted by Crippen LogP contribution is -2.49. The Bertz CT molecular complexity index is 763. The summed E-state index contributed by atoms with van der Waals surface area (Å²) in [5.41, 5.74) is 2.69. The molecular weight excluding hydrogens is 250 g/mol. The highest BCUT2D eigenvalue weighted by molar-refractivity contribution is 6.80. The molecule has 4 heteroatoms. The Labute approximate surface area is 116 Å². The van der Waals surface area contributed by atoms with Crippen molar-refractivity contribution in [3.05, 3.63) is 66.5 Å². The summed E-state index contributed by atoms with van der Waals surface area (Å²) in [5, 5.41) is 9.06. The Kier molecular flexibility index (Phi) is 2.42. The summed E-state index contributed by atoms with van der Waals surface area (Å²) in [4.78, 5) is 0. The second-order valence-electron chi connectivity index (χ2n) is 4.95. The number of rotatable bonds is 1. The summed E-state index contributed by atoms with van der Waals surface area (Å²) in [6.45, 7) is -0.253. The van der Waals surface area contributed by atoms with Gasteiger partial charge in [-0.05, 0) is 23.6 Å². The molecule has 0 saturated carbocycles. The lowest BCUT2D eigenvalue weighted by Gasteiger charge is -2.26. The van der Waals surface area contributed by atoms with Crippen LogP contribution in [0.25, 0.3) is 10.8 Å². The molecule has 4 rings (SSSR count). The van der Waals surface area contributed by atoms with Crippen LogP contribution >= 0.6 is 0 Å². The molecule has 1 aliphatic heterocycles. The van der Waals surface area contributed by atoms with Crippen molar-refractivity contribution in [2.45, 2.75) is 0 Å².